The molecule has 0 aromatic rings. The fourth-order valence-corrected chi connectivity index (χ4v) is 5.63. The Kier molecular flexibility index (Phi) is 2.74. The summed E-state index contributed by atoms with van der Waals surface area (Å²) in [5, 5.41) is 10.3. The molecule has 4 bridgehead atoms. The fraction of sp³-hybridized carbons (Fsp3) is 0.933. The quantitative estimate of drug-likeness (QED) is 0.809. The van der Waals surface area contributed by atoms with Crippen LogP contribution in [0.4, 0.5) is 0 Å². The summed E-state index contributed by atoms with van der Waals surface area (Å²) in [7, 11) is 0.0877. The van der Waals surface area contributed by atoms with Gasteiger partial charge in [0.05, 0.1) is 17.1 Å². The lowest BCUT2D eigenvalue weighted by Gasteiger charge is -2.57. The summed E-state index contributed by atoms with van der Waals surface area (Å²) in [5.74, 6) is 6.51. The summed E-state index contributed by atoms with van der Waals surface area (Å²) in [6.07, 6.45) is 8.30. The molecular formula is C15H24O3S. The Morgan fingerprint density at radius 2 is 2.11 bits per heavy atom. The first kappa shape index (κ1) is 12.8. The van der Waals surface area contributed by atoms with Crippen LogP contribution in [-0.2, 0) is 9.47 Å². The predicted molar refractivity (Wildman–Crippen MR) is 77.3 cm³/mol. The van der Waals surface area contributed by atoms with Crippen LogP contribution in [-0.4, -0.2) is 40.7 Å². The predicted octanol–water partition coefficient (Wildman–Crippen LogP) is 2.35. The maximum Gasteiger partial charge on any atom is 0.158 e. The number of rotatable bonds is 3. The van der Waals surface area contributed by atoms with Crippen molar-refractivity contribution in [3.8, 4) is 0 Å². The van der Waals surface area contributed by atoms with Crippen molar-refractivity contribution in [1.82, 2.24) is 0 Å². The zero-order chi connectivity index (χ0) is 13.3. The van der Waals surface area contributed by atoms with Crippen molar-refractivity contribution in [1.29, 1.82) is 0 Å². The van der Waals surface area contributed by atoms with Crippen LogP contribution in [0.25, 0.3) is 0 Å². The normalized spacial score (nSPS) is 56.3. The van der Waals surface area contributed by atoms with Gasteiger partial charge < -0.3 is 14.6 Å². The summed E-state index contributed by atoms with van der Waals surface area (Å²) in [4.78, 5) is 0. The van der Waals surface area contributed by atoms with Crippen LogP contribution in [0.1, 0.15) is 38.5 Å². The van der Waals surface area contributed by atoms with Crippen molar-refractivity contribution in [2.75, 3.05) is 12.2 Å². The van der Waals surface area contributed by atoms with Gasteiger partial charge in [-0.25, -0.2) is 0 Å². The van der Waals surface area contributed by atoms with E-state index in [2.05, 4.69) is 12.1 Å². The maximum atomic E-state index is 10.3. The number of aliphatic hydroxyl groups is 1. The van der Waals surface area contributed by atoms with Gasteiger partial charge in [-0.1, -0.05) is 5.87 Å². The van der Waals surface area contributed by atoms with E-state index in [1.54, 1.807) is 0 Å². The van der Waals surface area contributed by atoms with E-state index in [-0.39, 0.29) is 27.6 Å². The maximum absolute atomic E-state index is 10.3. The highest BCUT2D eigenvalue weighted by atomic mass is 32.2. The molecule has 3 nitrogen and oxygen atoms in total. The molecule has 7 atom stereocenters. The summed E-state index contributed by atoms with van der Waals surface area (Å²) in [6, 6.07) is 0. The van der Waals surface area contributed by atoms with Crippen molar-refractivity contribution < 1.29 is 14.6 Å². The number of hydrogen-bond acceptors (Lipinski definition) is 3. The Balaban J connectivity index is 1.63. The second kappa shape index (κ2) is 4.06. The second-order valence-electron chi connectivity index (χ2n) is 7.28. The first-order valence-electron chi connectivity index (χ1n) is 7.44. The lowest BCUT2D eigenvalue weighted by molar-refractivity contribution is -0.303. The first-order chi connectivity index (χ1) is 9.02. The smallest absolute Gasteiger partial charge is 0.158 e. The van der Waals surface area contributed by atoms with Crippen molar-refractivity contribution in [3.63, 3.8) is 0 Å². The van der Waals surface area contributed by atoms with E-state index in [0.29, 0.717) is 5.92 Å². The summed E-state index contributed by atoms with van der Waals surface area (Å²) < 4.78 is 12.4. The summed E-state index contributed by atoms with van der Waals surface area (Å²) in [5.41, 5.74) is 0.0242. The van der Waals surface area contributed by atoms with Gasteiger partial charge in [-0.15, -0.1) is 0 Å². The van der Waals surface area contributed by atoms with Crippen LogP contribution in [0.5, 0.6) is 0 Å². The van der Waals surface area contributed by atoms with Crippen LogP contribution in [0.15, 0.2) is 0 Å². The molecule has 3 saturated carbocycles. The van der Waals surface area contributed by atoms with E-state index in [1.165, 1.54) is 6.42 Å². The standard InChI is InChI=1S/C15H24O3S/c1-19(2)9-17-14-5-10-3-4-15(18-13(10)16)7-11(6-14)12(15)8-14/h10-13,16H,1,3-9H2,2H3. The minimum absolute atomic E-state index is 0.00444. The van der Waals surface area contributed by atoms with Crippen molar-refractivity contribution in [3.05, 3.63) is 0 Å². The van der Waals surface area contributed by atoms with E-state index >= 15 is 0 Å². The van der Waals surface area contributed by atoms with Gasteiger partial charge in [0, 0.05) is 5.92 Å². The zero-order valence-corrected chi connectivity index (χ0v) is 12.5. The van der Waals surface area contributed by atoms with E-state index < -0.39 is 6.29 Å². The summed E-state index contributed by atoms with van der Waals surface area (Å²) in [6.45, 7) is 0. The number of fused-ring (bicyclic) bond motifs is 2. The highest BCUT2D eigenvalue weighted by molar-refractivity contribution is 8.13. The van der Waals surface area contributed by atoms with Gasteiger partial charge in [0.25, 0.3) is 0 Å². The van der Waals surface area contributed by atoms with E-state index in [4.69, 9.17) is 9.47 Å². The molecule has 7 unspecified atom stereocenters. The topological polar surface area (TPSA) is 38.7 Å². The van der Waals surface area contributed by atoms with Gasteiger partial charge in [0.15, 0.2) is 6.29 Å². The molecule has 1 N–H and O–H groups in total. The van der Waals surface area contributed by atoms with Crippen LogP contribution in [0, 0.1) is 17.8 Å². The molecule has 2 saturated heterocycles. The molecule has 5 rings (SSSR count). The van der Waals surface area contributed by atoms with Gasteiger partial charge in [0.2, 0.25) is 0 Å². The Morgan fingerprint density at radius 1 is 1.32 bits per heavy atom. The monoisotopic (exact) mass is 284 g/mol. The molecular weight excluding hydrogens is 260 g/mol. The van der Waals surface area contributed by atoms with Gasteiger partial charge in [-0.2, -0.15) is 10.5 Å². The van der Waals surface area contributed by atoms with Gasteiger partial charge in [-0.3, -0.25) is 0 Å². The molecule has 2 heterocycles. The lowest BCUT2D eigenvalue weighted by Crippen LogP contribution is -2.59. The number of aliphatic hydroxyl groups excluding tert-OH is 1. The van der Waals surface area contributed by atoms with Crippen LogP contribution in [0.2, 0.25) is 0 Å². The molecule has 0 aromatic heterocycles. The second-order valence-corrected chi connectivity index (χ2v) is 9.08. The molecule has 5 aliphatic rings. The third-order valence-corrected chi connectivity index (χ3v) is 6.50. The Morgan fingerprint density at radius 3 is 2.84 bits per heavy atom. The van der Waals surface area contributed by atoms with Crippen molar-refractivity contribution >= 4 is 16.4 Å². The van der Waals surface area contributed by atoms with Gasteiger partial charge in [-0.05, 0) is 56.6 Å². The summed E-state index contributed by atoms with van der Waals surface area (Å²) >= 11 is 0. The van der Waals surface area contributed by atoms with Crippen LogP contribution in [0.3, 0.4) is 0 Å². The molecule has 108 valence electrons. The van der Waals surface area contributed by atoms with E-state index in [0.717, 1.165) is 44.0 Å². The Hall–Kier alpha value is 0.1000. The molecule has 0 radical (unpaired) electrons. The minimum Gasteiger partial charge on any atom is -0.368 e. The first-order valence-corrected chi connectivity index (χ1v) is 9.41. The highest BCUT2D eigenvalue weighted by Gasteiger charge is 2.67. The Labute approximate surface area is 117 Å². The number of hydrogen-bond donors (Lipinski definition) is 1. The minimum atomic E-state index is -0.557. The van der Waals surface area contributed by atoms with Crippen LogP contribution >= 0.6 is 10.5 Å². The molecule has 0 amide bonds. The third-order valence-electron chi connectivity index (χ3n) is 5.98. The van der Waals surface area contributed by atoms with Crippen molar-refractivity contribution in [2.24, 2.45) is 17.8 Å². The molecule has 19 heavy (non-hydrogen) atoms. The van der Waals surface area contributed by atoms with Crippen LogP contribution < -0.4 is 0 Å². The molecule has 5 fully saturated rings. The highest BCUT2D eigenvalue weighted by Crippen LogP contribution is 2.66. The fourth-order valence-electron chi connectivity index (χ4n) is 5.18. The molecule has 4 heteroatoms. The van der Waals surface area contributed by atoms with Gasteiger partial charge in [0.1, 0.15) is 0 Å². The SMILES string of the molecule is C=S(C)COC12CC3CCC4(CC(C1)C4C2)OC3O. The third kappa shape index (κ3) is 1.80. The average molecular weight is 284 g/mol. The zero-order valence-electron chi connectivity index (χ0n) is 11.6. The molecule has 3 aliphatic carbocycles. The number of ether oxygens (including phenoxy) is 2. The largest absolute Gasteiger partial charge is 0.368 e. The lowest BCUT2D eigenvalue weighted by atomic mass is 9.59. The van der Waals surface area contributed by atoms with Crippen molar-refractivity contribution in [2.45, 2.75) is 56.0 Å². The van der Waals surface area contributed by atoms with E-state index in [1.807, 2.05) is 0 Å². The Bertz CT molecular complexity index is 426. The van der Waals surface area contributed by atoms with Gasteiger partial charge >= 0.3 is 0 Å². The molecule has 1 spiro atoms. The van der Waals surface area contributed by atoms with E-state index in [9.17, 15) is 5.11 Å². The average Bonchev–Trinajstić information content (AvgIpc) is 2.71. The molecule has 0 aromatic carbocycles. The molecule has 2 aliphatic heterocycles.